The summed E-state index contributed by atoms with van der Waals surface area (Å²) in [5.41, 5.74) is -0.107. The molecule has 1 atom stereocenters. The van der Waals surface area contributed by atoms with Crippen LogP contribution in [0.5, 0.6) is 0 Å². The van der Waals surface area contributed by atoms with Gasteiger partial charge in [0.05, 0.1) is 6.33 Å². The molecule has 0 amide bonds. The van der Waals surface area contributed by atoms with Crippen LogP contribution in [0.15, 0.2) is 15.6 Å². The highest BCUT2D eigenvalue weighted by molar-refractivity contribution is 9.10. The number of H-pyrrole nitrogens is 1. The molecule has 0 bridgehead atoms. The number of nitrogens with one attached hydrogen (secondary N) is 2. The van der Waals surface area contributed by atoms with Gasteiger partial charge in [0.15, 0.2) is 0 Å². The highest BCUT2D eigenvalue weighted by Gasteiger charge is 2.29. The van der Waals surface area contributed by atoms with Crippen molar-refractivity contribution >= 4 is 21.7 Å². The largest absolute Gasteiger partial charge is 0.355 e. The maximum atomic E-state index is 11.6. The summed E-state index contributed by atoms with van der Waals surface area (Å²) in [5.74, 6) is 1.56. The van der Waals surface area contributed by atoms with Gasteiger partial charge < -0.3 is 15.2 Å². The first-order valence-corrected chi connectivity index (χ1v) is 7.76. The molecular weight excluding hydrogens is 308 g/mol. The SMILES string of the molecule is O=c1[nH]cnc(N2CCC(C3CCCN3)CC2)c1Br. The molecule has 5 nitrogen and oxygen atoms in total. The second-order valence-electron chi connectivity index (χ2n) is 5.40. The molecular formula is C13H19BrN4O. The summed E-state index contributed by atoms with van der Waals surface area (Å²) >= 11 is 3.34. The van der Waals surface area contributed by atoms with Crippen LogP contribution >= 0.6 is 15.9 Å². The van der Waals surface area contributed by atoms with Crippen molar-refractivity contribution in [1.29, 1.82) is 0 Å². The van der Waals surface area contributed by atoms with E-state index < -0.39 is 0 Å². The Bertz CT molecular complexity index is 490. The summed E-state index contributed by atoms with van der Waals surface area (Å²) in [5, 5.41) is 3.60. The Morgan fingerprint density at radius 2 is 2.11 bits per heavy atom. The molecule has 2 N–H and O–H groups in total. The summed E-state index contributed by atoms with van der Waals surface area (Å²) in [4.78, 5) is 20.7. The van der Waals surface area contributed by atoms with Gasteiger partial charge >= 0.3 is 0 Å². The molecule has 0 saturated carbocycles. The molecule has 19 heavy (non-hydrogen) atoms. The number of rotatable bonds is 2. The summed E-state index contributed by atoms with van der Waals surface area (Å²) in [6.07, 6.45) is 6.47. The van der Waals surface area contributed by atoms with Crippen molar-refractivity contribution in [2.75, 3.05) is 24.5 Å². The van der Waals surface area contributed by atoms with E-state index in [9.17, 15) is 4.79 Å². The molecule has 3 heterocycles. The fourth-order valence-electron chi connectivity index (χ4n) is 3.22. The van der Waals surface area contributed by atoms with Gasteiger partial charge in [-0.1, -0.05) is 0 Å². The third kappa shape index (κ3) is 2.69. The highest BCUT2D eigenvalue weighted by Crippen LogP contribution is 2.29. The van der Waals surface area contributed by atoms with E-state index in [4.69, 9.17) is 0 Å². The fraction of sp³-hybridized carbons (Fsp3) is 0.692. The first-order valence-electron chi connectivity index (χ1n) is 6.97. The average molecular weight is 327 g/mol. The Balaban J connectivity index is 1.66. The first-order chi connectivity index (χ1) is 9.25. The summed E-state index contributed by atoms with van der Waals surface area (Å²) in [6, 6.07) is 0.706. The van der Waals surface area contributed by atoms with E-state index in [1.54, 1.807) is 0 Å². The van der Waals surface area contributed by atoms with Gasteiger partial charge in [0, 0.05) is 19.1 Å². The zero-order valence-electron chi connectivity index (χ0n) is 10.9. The van der Waals surface area contributed by atoms with Gasteiger partial charge in [-0.05, 0) is 54.1 Å². The van der Waals surface area contributed by atoms with Crippen molar-refractivity contribution in [2.45, 2.75) is 31.7 Å². The molecule has 2 aliphatic rings. The number of piperidine rings is 1. The van der Waals surface area contributed by atoms with Crippen LogP contribution in [0.1, 0.15) is 25.7 Å². The molecule has 104 valence electrons. The van der Waals surface area contributed by atoms with Gasteiger partial charge in [-0.25, -0.2) is 4.98 Å². The van der Waals surface area contributed by atoms with E-state index in [0.717, 1.165) is 24.8 Å². The minimum atomic E-state index is -0.107. The molecule has 0 spiro atoms. The van der Waals surface area contributed by atoms with Crippen LogP contribution in [0.4, 0.5) is 5.82 Å². The molecule has 1 unspecified atom stereocenters. The Hall–Kier alpha value is -0.880. The molecule has 1 aromatic rings. The fourth-order valence-corrected chi connectivity index (χ4v) is 3.69. The minimum Gasteiger partial charge on any atom is -0.355 e. The van der Waals surface area contributed by atoms with Crippen LogP contribution in [0.2, 0.25) is 0 Å². The zero-order chi connectivity index (χ0) is 13.2. The Kier molecular flexibility index (Phi) is 3.88. The number of halogens is 1. The van der Waals surface area contributed by atoms with Crippen molar-refractivity contribution in [3.05, 3.63) is 21.2 Å². The second kappa shape index (κ2) is 5.63. The quantitative estimate of drug-likeness (QED) is 0.864. The van der Waals surface area contributed by atoms with Crippen molar-refractivity contribution in [2.24, 2.45) is 5.92 Å². The zero-order valence-corrected chi connectivity index (χ0v) is 12.4. The molecule has 0 radical (unpaired) electrons. The van der Waals surface area contributed by atoms with Crippen LogP contribution in [0.3, 0.4) is 0 Å². The van der Waals surface area contributed by atoms with E-state index in [-0.39, 0.29) is 5.56 Å². The van der Waals surface area contributed by atoms with Gasteiger partial charge in [-0.15, -0.1) is 0 Å². The van der Waals surface area contributed by atoms with Gasteiger partial charge in [0.1, 0.15) is 10.3 Å². The Morgan fingerprint density at radius 3 is 2.79 bits per heavy atom. The molecule has 0 aliphatic carbocycles. The number of hydrogen-bond acceptors (Lipinski definition) is 4. The van der Waals surface area contributed by atoms with Crippen LogP contribution in [-0.4, -0.2) is 35.6 Å². The monoisotopic (exact) mass is 326 g/mol. The second-order valence-corrected chi connectivity index (χ2v) is 6.19. The number of aromatic amines is 1. The third-order valence-electron chi connectivity index (χ3n) is 4.28. The van der Waals surface area contributed by atoms with Gasteiger partial charge in [-0.3, -0.25) is 4.79 Å². The highest BCUT2D eigenvalue weighted by atomic mass is 79.9. The lowest BCUT2D eigenvalue weighted by atomic mass is 9.88. The van der Waals surface area contributed by atoms with Crippen molar-refractivity contribution in [3.63, 3.8) is 0 Å². The maximum absolute atomic E-state index is 11.6. The maximum Gasteiger partial charge on any atom is 0.267 e. The summed E-state index contributed by atoms with van der Waals surface area (Å²) in [6.45, 7) is 3.14. The Morgan fingerprint density at radius 1 is 1.32 bits per heavy atom. The molecule has 1 aromatic heterocycles. The molecule has 2 aliphatic heterocycles. The van der Waals surface area contributed by atoms with Gasteiger partial charge in [0.2, 0.25) is 0 Å². The third-order valence-corrected chi connectivity index (χ3v) is 5.00. The van der Waals surface area contributed by atoms with E-state index >= 15 is 0 Å². The van der Waals surface area contributed by atoms with E-state index in [2.05, 4.69) is 36.1 Å². The lowest BCUT2D eigenvalue weighted by Gasteiger charge is -2.35. The predicted molar refractivity (Wildman–Crippen MR) is 78.5 cm³/mol. The molecule has 6 heteroatoms. The number of hydrogen-bond donors (Lipinski definition) is 2. The topological polar surface area (TPSA) is 61.0 Å². The number of nitrogens with zero attached hydrogens (tertiary/aromatic N) is 2. The number of aromatic nitrogens is 2. The smallest absolute Gasteiger partial charge is 0.267 e. The Labute approximate surface area is 120 Å². The predicted octanol–water partition coefficient (Wildman–Crippen LogP) is 1.50. The lowest BCUT2D eigenvalue weighted by molar-refractivity contribution is 0.318. The average Bonchev–Trinajstić information content (AvgIpc) is 2.96. The standard InChI is InChI=1S/C13H19BrN4O/c14-11-12(16-8-17-13(11)19)18-6-3-9(4-7-18)10-2-1-5-15-10/h8-10,15H,1-7H2,(H,16,17,19). The van der Waals surface area contributed by atoms with Crippen molar-refractivity contribution in [1.82, 2.24) is 15.3 Å². The number of anilines is 1. The van der Waals surface area contributed by atoms with Crippen molar-refractivity contribution in [3.8, 4) is 0 Å². The van der Waals surface area contributed by atoms with Crippen LogP contribution in [0.25, 0.3) is 0 Å². The normalized spacial score (nSPS) is 24.9. The van der Waals surface area contributed by atoms with Gasteiger partial charge in [0.25, 0.3) is 5.56 Å². The first kappa shape index (κ1) is 13.1. The van der Waals surface area contributed by atoms with E-state index in [0.29, 0.717) is 10.5 Å². The molecule has 2 saturated heterocycles. The molecule has 0 aromatic carbocycles. The summed E-state index contributed by atoms with van der Waals surface area (Å²) < 4.78 is 0.549. The molecule has 3 rings (SSSR count). The van der Waals surface area contributed by atoms with Crippen LogP contribution < -0.4 is 15.8 Å². The van der Waals surface area contributed by atoms with E-state index in [1.165, 1.54) is 38.6 Å². The summed E-state index contributed by atoms with van der Waals surface area (Å²) in [7, 11) is 0. The molecule has 2 fully saturated rings. The van der Waals surface area contributed by atoms with Crippen LogP contribution in [-0.2, 0) is 0 Å². The van der Waals surface area contributed by atoms with Crippen molar-refractivity contribution < 1.29 is 0 Å². The lowest BCUT2D eigenvalue weighted by Crippen LogP contribution is -2.41. The van der Waals surface area contributed by atoms with Gasteiger partial charge in [-0.2, -0.15) is 0 Å². The van der Waals surface area contributed by atoms with Crippen LogP contribution in [0, 0.1) is 5.92 Å². The minimum absolute atomic E-state index is 0.107. The van der Waals surface area contributed by atoms with E-state index in [1.807, 2.05) is 0 Å².